The van der Waals surface area contributed by atoms with Gasteiger partial charge < -0.3 is 14.0 Å². The molecule has 34 heavy (non-hydrogen) atoms. The van der Waals surface area contributed by atoms with Gasteiger partial charge in [0.1, 0.15) is 23.7 Å². The molecule has 0 amide bonds. The van der Waals surface area contributed by atoms with E-state index in [0.717, 1.165) is 28.3 Å². The number of nitrogens with one attached hydrogen (secondary N) is 1. The maximum Gasteiger partial charge on any atom is 0.218 e. The van der Waals surface area contributed by atoms with E-state index in [1.54, 1.807) is 13.2 Å². The summed E-state index contributed by atoms with van der Waals surface area (Å²) in [6.07, 6.45) is 6.81. The lowest BCUT2D eigenvalue weighted by Crippen LogP contribution is -2.45. The van der Waals surface area contributed by atoms with Crippen LogP contribution in [-0.4, -0.2) is 42.5 Å². The summed E-state index contributed by atoms with van der Waals surface area (Å²) in [5.74, 6) is 1.66. The van der Waals surface area contributed by atoms with E-state index in [4.69, 9.17) is 14.5 Å². The van der Waals surface area contributed by atoms with Crippen LogP contribution in [0.1, 0.15) is 38.6 Å². The Bertz CT molecular complexity index is 1250. The van der Waals surface area contributed by atoms with Crippen molar-refractivity contribution in [1.82, 2.24) is 14.3 Å². The Morgan fingerprint density at radius 3 is 2.59 bits per heavy atom. The molecule has 1 aliphatic carbocycles. The van der Waals surface area contributed by atoms with Crippen molar-refractivity contribution in [3.63, 3.8) is 0 Å². The molecule has 4 rings (SSSR count). The summed E-state index contributed by atoms with van der Waals surface area (Å²) in [6.45, 7) is 6.02. The number of ether oxygens (including phenoxy) is 2. The maximum atomic E-state index is 13.4. The van der Waals surface area contributed by atoms with Gasteiger partial charge >= 0.3 is 0 Å². The van der Waals surface area contributed by atoms with Gasteiger partial charge in [-0.1, -0.05) is 18.2 Å². The summed E-state index contributed by atoms with van der Waals surface area (Å²) in [5.41, 5.74) is 2.84. The molecule has 1 atom stereocenters. The zero-order valence-corrected chi connectivity index (χ0v) is 20.7. The molecular weight excluding hydrogens is 457 g/mol. The highest BCUT2D eigenvalue weighted by Gasteiger charge is 2.30. The predicted molar refractivity (Wildman–Crippen MR) is 130 cm³/mol. The van der Waals surface area contributed by atoms with Crippen molar-refractivity contribution in [1.29, 1.82) is 0 Å². The van der Waals surface area contributed by atoms with Crippen LogP contribution < -0.4 is 9.46 Å². The van der Waals surface area contributed by atoms with Gasteiger partial charge in [-0.15, -0.1) is 0 Å². The highest BCUT2D eigenvalue weighted by molar-refractivity contribution is 7.90. The highest BCUT2D eigenvalue weighted by atomic mass is 32.2. The minimum atomic E-state index is -3.51. The van der Waals surface area contributed by atoms with Crippen LogP contribution in [0.25, 0.3) is 17.0 Å². The van der Waals surface area contributed by atoms with Crippen LogP contribution in [-0.2, 0) is 27.7 Å². The third kappa shape index (κ3) is 5.10. The monoisotopic (exact) mass is 487 g/mol. The molecule has 0 spiro atoms. The van der Waals surface area contributed by atoms with Gasteiger partial charge in [0.2, 0.25) is 10.0 Å². The van der Waals surface area contributed by atoms with Crippen LogP contribution in [0.4, 0.5) is 4.39 Å². The molecule has 0 saturated heterocycles. The van der Waals surface area contributed by atoms with Crippen molar-refractivity contribution in [2.75, 3.05) is 13.7 Å². The van der Waals surface area contributed by atoms with Crippen LogP contribution in [0.3, 0.4) is 0 Å². The molecule has 1 aliphatic heterocycles. The van der Waals surface area contributed by atoms with Crippen LogP contribution in [0.15, 0.2) is 54.6 Å². The first-order valence-corrected chi connectivity index (χ1v) is 12.7. The Hall–Kier alpha value is -2.91. The topological polar surface area (TPSA) is 82.5 Å². The van der Waals surface area contributed by atoms with Crippen LogP contribution >= 0.6 is 0 Å². The van der Waals surface area contributed by atoms with Crippen molar-refractivity contribution < 1.29 is 22.3 Å². The Morgan fingerprint density at radius 2 is 2.00 bits per heavy atom. The summed E-state index contributed by atoms with van der Waals surface area (Å²) in [5, 5.41) is -0.651. The predicted octanol–water partition coefficient (Wildman–Crippen LogP) is 4.37. The van der Waals surface area contributed by atoms with E-state index in [1.165, 1.54) is 0 Å². The molecule has 1 unspecified atom stereocenters. The van der Waals surface area contributed by atoms with Gasteiger partial charge in [0.25, 0.3) is 0 Å². The van der Waals surface area contributed by atoms with Crippen LogP contribution in [0.2, 0.25) is 0 Å². The third-order valence-electron chi connectivity index (χ3n) is 5.66. The standard InChI is InChI=1S/C25H30FN3O4S/c1-25(2,3)28-34(30,31)21-11-7-17(8-12-21)23-22-13-14-33-20(15-26)16-29(22)24(27-23)18-5-9-19(32-4)10-6-18/h5-11,15,21,28H,12-14,16H2,1-4H3/b20-15+. The van der Waals surface area contributed by atoms with Gasteiger partial charge in [0.05, 0.1) is 31.2 Å². The molecule has 1 aromatic heterocycles. The number of nitrogens with zero attached hydrogens (tertiary/aromatic N) is 2. The van der Waals surface area contributed by atoms with Crippen LogP contribution in [0.5, 0.6) is 5.75 Å². The van der Waals surface area contributed by atoms with Gasteiger partial charge in [-0.3, -0.25) is 0 Å². The van der Waals surface area contributed by atoms with Crippen molar-refractivity contribution in [2.45, 2.75) is 50.9 Å². The fourth-order valence-electron chi connectivity index (χ4n) is 4.16. The first kappa shape index (κ1) is 24.2. The second-order valence-corrected chi connectivity index (χ2v) is 11.3. The van der Waals surface area contributed by atoms with Gasteiger partial charge in [0, 0.05) is 23.2 Å². The summed E-state index contributed by atoms with van der Waals surface area (Å²) < 4.78 is 54.4. The minimum absolute atomic E-state index is 0.226. The molecule has 2 aliphatic rings. The Balaban J connectivity index is 1.71. The number of rotatable bonds is 5. The van der Waals surface area contributed by atoms with Crippen LogP contribution in [0, 0.1) is 0 Å². The zero-order valence-electron chi connectivity index (χ0n) is 19.8. The molecule has 2 heterocycles. The fourth-order valence-corrected chi connectivity index (χ4v) is 5.80. The van der Waals surface area contributed by atoms with E-state index in [2.05, 4.69) is 4.72 Å². The summed E-state index contributed by atoms with van der Waals surface area (Å²) in [7, 11) is -1.91. The van der Waals surface area contributed by atoms with E-state index in [-0.39, 0.29) is 12.3 Å². The molecule has 182 valence electrons. The number of halogens is 1. The Kier molecular flexibility index (Phi) is 6.69. The number of methoxy groups -OCH3 is 1. The van der Waals surface area contributed by atoms with Gasteiger partial charge in [0.15, 0.2) is 0 Å². The second kappa shape index (κ2) is 9.38. The molecule has 7 nitrogen and oxygen atoms in total. The smallest absolute Gasteiger partial charge is 0.218 e. The Labute approximate surface area is 200 Å². The van der Waals surface area contributed by atoms with E-state index >= 15 is 0 Å². The van der Waals surface area contributed by atoms with Gasteiger partial charge in [-0.25, -0.2) is 22.5 Å². The fraction of sp³-hybridized carbons (Fsp3) is 0.400. The first-order valence-electron chi connectivity index (χ1n) is 11.2. The number of fused-ring (bicyclic) bond motifs is 1. The molecule has 0 fully saturated rings. The van der Waals surface area contributed by atoms with Gasteiger partial charge in [-0.05, 0) is 57.0 Å². The van der Waals surface area contributed by atoms with E-state index in [9.17, 15) is 12.8 Å². The van der Waals surface area contributed by atoms with E-state index < -0.39 is 20.8 Å². The van der Waals surface area contributed by atoms with E-state index in [0.29, 0.717) is 31.6 Å². The number of aromatic nitrogens is 2. The molecular formula is C25H30FN3O4S. The average molecular weight is 488 g/mol. The van der Waals surface area contributed by atoms with Crippen molar-refractivity contribution in [3.8, 4) is 17.1 Å². The molecule has 0 saturated carbocycles. The minimum Gasteiger partial charge on any atom is -0.497 e. The molecule has 2 aromatic rings. The lowest BCUT2D eigenvalue weighted by molar-refractivity contribution is 0.206. The molecule has 0 bridgehead atoms. The molecule has 1 aromatic carbocycles. The lowest BCUT2D eigenvalue weighted by Gasteiger charge is -2.24. The number of sulfonamides is 1. The van der Waals surface area contributed by atoms with Crippen molar-refractivity contribution in [2.24, 2.45) is 0 Å². The zero-order chi connectivity index (χ0) is 24.5. The quantitative estimate of drug-likeness (QED) is 0.677. The highest BCUT2D eigenvalue weighted by Crippen LogP contribution is 2.33. The second-order valence-electron chi connectivity index (χ2n) is 9.41. The third-order valence-corrected chi connectivity index (χ3v) is 7.71. The number of hydrogen-bond acceptors (Lipinski definition) is 5. The summed E-state index contributed by atoms with van der Waals surface area (Å²) in [4.78, 5) is 4.93. The SMILES string of the molecule is COc1ccc(-c2nc(C3=CCC(S(=O)(=O)NC(C)(C)C)C=C3)c3n2C/C(=C\F)OCC3)cc1. The maximum absolute atomic E-state index is 13.4. The summed E-state index contributed by atoms with van der Waals surface area (Å²) >= 11 is 0. The van der Waals surface area contributed by atoms with Crippen molar-refractivity contribution in [3.05, 3.63) is 66.0 Å². The largest absolute Gasteiger partial charge is 0.497 e. The number of hydrogen-bond donors (Lipinski definition) is 1. The number of allylic oxidation sites excluding steroid dienone is 4. The molecule has 1 N–H and O–H groups in total. The van der Waals surface area contributed by atoms with E-state index in [1.807, 2.05) is 61.8 Å². The Morgan fingerprint density at radius 1 is 1.26 bits per heavy atom. The molecule has 0 radical (unpaired) electrons. The summed E-state index contributed by atoms with van der Waals surface area (Å²) in [6, 6.07) is 7.53. The average Bonchev–Trinajstić information content (AvgIpc) is 3.00. The van der Waals surface area contributed by atoms with Crippen molar-refractivity contribution >= 4 is 15.6 Å². The normalized spacial score (nSPS) is 19.9. The first-order chi connectivity index (χ1) is 16.1. The number of imidazole rings is 1. The molecule has 9 heteroatoms. The lowest BCUT2D eigenvalue weighted by atomic mass is 10.0. The number of benzene rings is 1. The van der Waals surface area contributed by atoms with Gasteiger partial charge in [-0.2, -0.15) is 0 Å².